The predicted molar refractivity (Wildman–Crippen MR) is 48.8 cm³/mol. The van der Waals surface area contributed by atoms with Crippen molar-refractivity contribution in [3.05, 3.63) is 0 Å². The second kappa shape index (κ2) is 3.24. The Hall–Kier alpha value is -0.260. The molecular formula is C7H13N3OS. The van der Waals surface area contributed by atoms with Crippen LogP contribution in [0.25, 0.3) is 0 Å². The van der Waals surface area contributed by atoms with E-state index in [1.54, 1.807) is 11.8 Å². The van der Waals surface area contributed by atoms with E-state index in [1.165, 1.54) is 0 Å². The van der Waals surface area contributed by atoms with Gasteiger partial charge in [-0.2, -0.15) is 0 Å². The first-order valence-electron chi connectivity index (χ1n) is 4.14. The Morgan fingerprint density at radius 2 is 2.42 bits per heavy atom. The van der Waals surface area contributed by atoms with Crippen molar-refractivity contribution >= 4 is 17.7 Å². The number of carbonyl (C=O) groups is 1. The number of amides is 1. The third-order valence-electron chi connectivity index (χ3n) is 2.20. The molecule has 1 aliphatic carbocycles. The van der Waals surface area contributed by atoms with Gasteiger partial charge in [-0.15, -0.1) is 11.8 Å². The number of hydrogen-bond acceptors (Lipinski definition) is 4. The van der Waals surface area contributed by atoms with Crippen LogP contribution in [0.5, 0.6) is 0 Å². The molecule has 0 spiro atoms. The van der Waals surface area contributed by atoms with Gasteiger partial charge < -0.3 is 11.1 Å². The van der Waals surface area contributed by atoms with E-state index in [1.807, 2.05) is 0 Å². The summed E-state index contributed by atoms with van der Waals surface area (Å²) in [6, 6.07) is 0.440. The maximum Gasteiger partial charge on any atom is 0.238 e. The maximum absolute atomic E-state index is 11.4. The Bertz CT molecular complexity index is 193. The van der Waals surface area contributed by atoms with Gasteiger partial charge in [-0.3, -0.25) is 10.1 Å². The molecule has 3 atom stereocenters. The highest BCUT2D eigenvalue weighted by Crippen LogP contribution is 2.18. The molecule has 0 aromatic rings. The highest BCUT2D eigenvalue weighted by molar-refractivity contribution is 7.99. The minimum Gasteiger partial charge on any atom is -0.350 e. The Morgan fingerprint density at radius 3 is 2.92 bits per heavy atom. The molecule has 0 bridgehead atoms. The van der Waals surface area contributed by atoms with Crippen LogP contribution in [0.1, 0.15) is 6.42 Å². The summed E-state index contributed by atoms with van der Waals surface area (Å²) in [6.07, 6.45) is 0.936. The summed E-state index contributed by atoms with van der Waals surface area (Å²) >= 11 is 1.76. The predicted octanol–water partition coefficient (Wildman–Crippen LogP) is -1.14. The third-order valence-corrected chi connectivity index (χ3v) is 3.14. The summed E-state index contributed by atoms with van der Waals surface area (Å²) in [5.74, 6) is 1.88. The van der Waals surface area contributed by atoms with Crippen LogP contribution in [0.15, 0.2) is 0 Å². The van der Waals surface area contributed by atoms with Crippen LogP contribution in [0, 0.1) is 0 Å². The van der Waals surface area contributed by atoms with Crippen LogP contribution >= 0.6 is 11.8 Å². The van der Waals surface area contributed by atoms with E-state index in [2.05, 4.69) is 10.6 Å². The van der Waals surface area contributed by atoms with Crippen molar-refractivity contribution in [2.24, 2.45) is 5.73 Å². The first-order chi connectivity index (χ1) is 5.77. The van der Waals surface area contributed by atoms with Crippen LogP contribution < -0.4 is 16.4 Å². The summed E-state index contributed by atoms with van der Waals surface area (Å²) in [7, 11) is 0. The Morgan fingerprint density at radius 1 is 1.67 bits per heavy atom. The Balaban J connectivity index is 1.76. The van der Waals surface area contributed by atoms with Gasteiger partial charge in [0.1, 0.15) is 0 Å². The van der Waals surface area contributed by atoms with Crippen LogP contribution in [0.2, 0.25) is 0 Å². The van der Waals surface area contributed by atoms with Crippen LogP contribution in [0.4, 0.5) is 0 Å². The van der Waals surface area contributed by atoms with Crippen molar-refractivity contribution in [3.63, 3.8) is 0 Å². The van der Waals surface area contributed by atoms with E-state index in [9.17, 15) is 4.79 Å². The van der Waals surface area contributed by atoms with Gasteiger partial charge in [0.2, 0.25) is 5.91 Å². The smallest absolute Gasteiger partial charge is 0.238 e. The number of hydrogen-bond donors (Lipinski definition) is 3. The number of carbonyl (C=O) groups excluding carboxylic acids is 1. The van der Waals surface area contributed by atoms with Crippen molar-refractivity contribution in [2.75, 3.05) is 11.6 Å². The van der Waals surface area contributed by atoms with E-state index in [4.69, 9.17) is 5.73 Å². The zero-order valence-corrected chi connectivity index (χ0v) is 7.56. The van der Waals surface area contributed by atoms with E-state index < -0.39 is 0 Å². The standard InChI is InChI=1S/C7H13N3OS/c8-4-1-5(4)10-7(11)6-2-12-3-9-6/h4-6,9H,1-3,8H2,(H,10,11). The lowest BCUT2D eigenvalue weighted by molar-refractivity contribution is -0.122. The lowest BCUT2D eigenvalue weighted by atomic mass is 10.3. The quantitative estimate of drug-likeness (QED) is 0.511. The molecule has 1 heterocycles. The molecule has 0 aromatic carbocycles. The van der Waals surface area contributed by atoms with Crippen molar-refractivity contribution in [2.45, 2.75) is 24.5 Å². The van der Waals surface area contributed by atoms with Gasteiger partial charge in [0, 0.05) is 23.7 Å². The van der Waals surface area contributed by atoms with E-state index in [0.29, 0.717) is 0 Å². The van der Waals surface area contributed by atoms with Gasteiger partial charge in [-0.05, 0) is 6.42 Å². The zero-order valence-electron chi connectivity index (χ0n) is 6.75. The average Bonchev–Trinajstić information content (AvgIpc) is 2.58. The van der Waals surface area contributed by atoms with Gasteiger partial charge in [0.15, 0.2) is 0 Å². The highest BCUT2D eigenvalue weighted by atomic mass is 32.2. The van der Waals surface area contributed by atoms with Crippen molar-refractivity contribution in [1.82, 2.24) is 10.6 Å². The van der Waals surface area contributed by atoms with Crippen LogP contribution in [0.3, 0.4) is 0 Å². The molecule has 4 N–H and O–H groups in total. The highest BCUT2D eigenvalue weighted by Gasteiger charge is 2.36. The lowest BCUT2D eigenvalue weighted by Crippen LogP contribution is -2.44. The van der Waals surface area contributed by atoms with E-state index in [0.717, 1.165) is 18.1 Å². The molecule has 12 heavy (non-hydrogen) atoms. The van der Waals surface area contributed by atoms with E-state index in [-0.39, 0.29) is 24.0 Å². The lowest BCUT2D eigenvalue weighted by Gasteiger charge is -2.09. The molecule has 1 saturated carbocycles. The molecule has 68 valence electrons. The first-order valence-corrected chi connectivity index (χ1v) is 5.30. The second-order valence-corrected chi connectivity index (χ2v) is 4.32. The van der Waals surface area contributed by atoms with Gasteiger partial charge in [0.05, 0.1) is 6.04 Å². The van der Waals surface area contributed by atoms with Crippen LogP contribution in [-0.2, 0) is 4.79 Å². The number of thioether (sulfide) groups is 1. The summed E-state index contributed by atoms with van der Waals surface area (Å²) in [5.41, 5.74) is 5.57. The summed E-state index contributed by atoms with van der Waals surface area (Å²) in [4.78, 5) is 11.4. The fourth-order valence-corrected chi connectivity index (χ4v) is 2.17. The fourth-order valence-electron chi connectivity index (χ4n) is 1.23. The summed E-state index contributed by atoms with van der Waals surface area (Å²) < 4.78 is 0. The van der Waals surface area contributed by atoms with Gasteiger partial charge in [0.25, 0.3) is 0 Å². The Labute approximate surface area is 75.6 Å². The van der Waals surface area contributed by atoms with Gasteiger partial charge >= 0.3 is 0 Å². The molecule has 2 fully saturated rings. The molecule has 3 unspecified atom stereocenters. The third kappa shape index (κ3) is 1.73. The van der Waals surface area contributed by atoms with Gasteiger partial charge in [-0.1, -0.05) is 0 Å². The topological polar surface area (TPSA) is 67.1 Å². The van der Waals surface area contributed by atoms with Crippen molar-refractivity contribution in [3.8, 4) is 0 Å². The fraction of sp³-hybridized carbons (Fsp3) is 0.857. The average molecular weight is 187 g/mol. The van der Waals surface area contributed by atoms with Crippen molar-refractivity contribution in [1.29, 1.82) is 0 Å². The first kappa shape index (κ1) is 8.34. The van der Waals surface area contributed by atoms with E-state index >= 15 is 0 Å². The second-order valence-electron chi connectivity index (χ2n) is 3.29. The number of rotatable bonds is 2. The minimum atomic E-state index is 0.00259. The molecule has 4 nitrogen and oxygen atoms in total. The molecule has 0 aromatic heterocycles. The molecule has 1 saturated heterocycles. The monoisotopic (exact) mass is 187 g/mol. The maximum atomic E-state index is 11.4. The molecular weight excluding hydrogens is 174 g/mol. The molecule has 1 aliphatic heterocycles. The molecule has 2 rings (SSSR count). The molecule has 5 heteroatoms. The van der Waals surface area contributed by atoms with Crippen molar-refractivity contribution < 1.29 is 4.79 Å². The Kier molecular flexibility index (Phi) is 2.25. The zero-order chi connectivity index (χ0) is 8.55. The minimum absolute atomic E-state index is 0.00259. The number of nitrogens with two attached hydrogens (primary N) is 1. The summed E-state index contributed by atoms with van der Waals surface area (Å²) in [6.45, 7) is 0. The molecule has 1 amide bonds. The van der Waals surface area contributed by atoms with Crippen LogP contribution in [-0.4, -0.2) is 35.7 Å². The largest absolute Gasteiger partial charge is 0.350 e. The summed E-state index contributed by atoms with van der Waals surface area (Å²) in [5, 5.41) is 6.02. The SMILES string of the molecule is NC1CC1NC(=O)C1CSCN1. The molecule has 0 radical (unpaired) electrons. The normalized spacial score (nSPS) is 39.6. The number of nitrogens with one attached hydrogen (secondary N) is 2. The molecule has 2 aliphatic rings. The van der Waals surface area contributed by atoms with Gasteiger partial charge in [-0.25, -0.2) is 0 Å².